The molecule has 4 heteroatoms. The highest BCUT2D eigenvalue weighted by Gasteiger charge is 2.38. The molecule has 2 rings (SSSR count). The van der Waals surface area contributed by atoms with E-state index in [-0.39, 0.29) is 11.8 Å². The van der Waals surface area contributed by atoms with Crippen LogP contribution in [-0.4, -0.2) is 42.3 Å². The molecule has 2 aliphatic rings. The van der Waals surface area contributed by atoms with E-state index in [0.717, 1.165) is 31.4 Å². The predicted octanol–water partition coefficient (Wildman–Crippen LogP) is 1.36. The van der Waals surface area contributed by atoms with Gasteiger partial charge in [-0.3, -0.25) is 4.79 Å². The average Bonchev–Trinajstić information content (AvgIpc) is 2.28. The third-order valence-electron chi connectivity index (χ3n) is 3.70. The third kappa shape index (κ3) is 2.44. The summed E-state index contributed by atoms with van der Waals surface area (Å²) in [5, 5.41) is 9.13. The van der Waals surface area contributed by atoms with Crippen LogP contribution in [0.5, 0.6) is 0 Å². The minimum absolute atomic E-state index is 0.248. The summed E-state index contributed by atoms with van der Waals surface area (Å²) < 4.78 is 0. The highest BCUT2D eigenvalue weighted by Crippen LogP contribution is 2.35. The van der Waals surface area contributed by atoms with E-state index >= 15 is 0 Å². The lowest BCUT2D eigenvalue weighted by Crippen LogP contribution is -2.46. The summed E-state index contributed by atoms with van der Waals surface area (Å²) in [6.45, 7) is 0.848. The Morgan fingerprint density at radius 3 is 2.88 bits per heavy atom. The second kappa shape index (κ2) is 4.79. The van der Waals surface area contributed by atoms with Crippen LogP contribution in [0.1, 0.15) is 25.7 Å². The van der Waals surface area contributed by atoms with Crippen molar-refractivity contribution in [2.75, 3.05) is 20.6 Å². The summed E-state index contributed by atoms with van der Waals surface area (Å²) in [6.07, 6.45) is 7.65. The summed E-state index contributed by atoms with van der Waals surface area (Å²) in [5.74, 6) is 0.648. The highest BCUT2D eigenvalue weighted by atomic mass is 16.1. The molecule has 0 radical (unpaired) electrons. The lowest BCUT2D eigenvalue weighted by Gasteiger charge is -2.41. The van der Waals surface area contributed by atoms with Crippen LogP contribution in [0.15, 0.2) is 11.8 Å². The van der Waals surface area contributed by atoms with Gasteiger partial charge in [0.1, 0.15) is 0 Å². The summed E-state index contributed by atoms with van der Waals surface area (Å²) >= 11 is 0. The highest BCUT2D eigenvalue weighted by molar-refractivity contribution is 5.96. The van der Waals surface area contributed by atoms with Crippen molar-refractivity contribution in [1.29, 1.82) is 5.26 Å². The second-order valence-electron chi connectivity index (χ2n) is 5.21. The molecule has 1 saturated carbocycles. The first-order chi connectivity index (χ1) is 8.11. The van der Waals surface area contributed by atoms with Crippen molar-refractivity contribution in [3.8, 4) is 6.19 Å². The molecule has 1 heterocycles. The fourth-order valence-corrected chi connectivity index (χ4v) is 2.92. The Hall–Kier alpha value is -1.50. The Morgan fingerprint density at radius 2 is 2.24 bits per heavy atom. The molecule has 0 N–H and O–H groups in total. The van der Waals surface area contributed by atoms with Gasteiger partial charge in [0, 0.05) is 44.9 Å². The first kappa shape index (κ1) is 12.0. The van der Waals surface area contributed by atoms with Crippen LogP contribution in [0.25, 0.3) is 0 Å². The average molecular weight is 233 g/mol. The summed E-state index contributed by atoms with van der Waals surface area (Å²) in [7, 11) is 3.85. The monoisotopic (exact) mass is 233 g/mol. The Morgan fingerprint density at radius 1 is 1.47 bits per heavy atom. The van der Waals surface area contributed by atoms with Gasteiger partial charge >= 0.3 is 0 Å². The molecule has 1 aliphatic carbocycles. The van der Waals surface area contributed by atoms with E-state index in [1.165, 1.54) is 0 Å². The van der Waals surface area contributed by atoms with E-state index < -0.39 is 0 Å². The van der Waals surface area contributed by atoms with Gasteiger partial charge in [0.15, 0.2) is 12.0 Å². The zero-order valence-corrected chi connectivity index (χ0v) is 10.5. The van der Waals surface area contributed by atoms with E-state index in [9.17, 15) is 4.79 Å². The fraction of sp³-hybridized carbons (Fsp3) is 0.692. The molecule has 92 valence electrons. The number of carbonyl (C=O) groups excluding carboxylic acids is 1. The lowest BCUT2D eigenvalue weighted by molar-refractivity contribution is -0.119. The number of rotatable bonds is 1. The molecule has 0 aromatic carbocycles. The molecule has 2 atom stereocenters. The zero-order chi connectivity index (χ0) is 12.4. The number of ketones is 1. The van der Waals surface area contributed by atoms with Crippen LogP contribution in [0.3, 0.4) is 0 Å². The SMILES string of the molecule is CN(C)/C=C1/CC2C(CCCN2C#N)CC1=O. The standard InChI is InChI=1S/C13H19N3O/c1-15(2)8-11-6-12-10(7-13(11)17)4-3-5-16(12)9-14/h8,10,12H,3-7H2,1-2H3/b11-8-. The number of nitrogens with zero attached hydrogens (tertiary/aromatic N) is 3. The first-order valence-electron chi connectivity index (χ1n) is 6.18. The summed E-state index contributed by atoms with van der Waals surface area (Å²) in [4.78, 5) is 15.8. The van der Waals surface area contributed by atoms with E-state index in [0.29, 0.717) is 12.3 Å². The lowest BCUT2D eigenvalue weighted by atomic mass is 9.76. The third-order valence-corrected chi connectivity index (χ3v) is 3.70. The normalized spacial score (nSPS) is 31.0. The van der Waals surface area contributed by atoms with Crippen molar-refractivity contribution in [2.45, 2.75) is 31.7 Å². The van der Waals surface area contributed by atoms with Crippen LogP contribution in [0, 0.1) is 17.4 Å². The van der Waals surface area contributed by atoms with Crippen LogP contribution >= 0.6 is 0 Å². The van der Waals surface area contributed by atoms with Crippen LogP contribution < -0.4 is 0 Å². The quantitative estimate of drug-likeness (QED) is 0.507. The van der Waals surface area contributed by atoms with Gasteiger partial charge in [0.2, 0.25) is 0 Å². The van der Waals surface area contributed by atoms with Gasteiger partial charge in [-0.1, -0.05) is 0 Å². The van der Waals surface area contributed by atoms with Gasteiger partial charge < -0.3 is 9.80 Å². The molecule has 0 amide bonds. The minimum atomic E-state index is 0.248. The molecular formula is C13H19N3O. The molecule has 17 heavy (non-hydrogen) atoms. The van der Waals surface area contributed by atoms with Crippen molar-refractivity contribution in [2.24, 2.45) is 5.92 Å². The Labute approximate surface area is 102 Å². The number of Topliss-reactive ketones (excluding diaryl/α,β-unsaturated/α-hetero) is 1. The van der Waals surface area contributed by atoms with Crippen LogP contribution in [0.4, 0.5) is 0 Å². The fourth-order valence-electron chi connectivity index (χ4n) is 2.92. The number of hydrogen-bond donors (Lipinski definition) is 0. The van der Waals surface area contributed by atoms with Crippen molar-refractivity contribution >= 4 is 5.78 Å². The summed E-state index contributed by atoms with van der Waals surface area (Å²) in [6, 6.07) is 0.248. The molecule has 4 nitrogen and oxygen atoms in total. The Bertz CT molecular complexity index is 381. The molecule has 2 unspecified atom stereocenters. The van der Waals surface area contributed by atoms with Gasteiger partial charge in [0.05, 0.1) is 0 Å². The predicted molar refractivity (Wildman–Crippen MR) is 64.8 cm³/mol. The molecule has 1 saturated heterocycles. The summed E-state index contributed by atoms with van der Waals surface area (Å²) in [5.41, 5.74) is 0.874. The Balaban J connectivity index is 2.18. The van der Waals surface area contributed by atoms with E-state index in [1.54, 1.807) is 0 Å². The first-order valence-corrected chi connectivity index (χ1v) is 6.18. The van der Waals surface area contributed by atoms with E-state index in [4.69, 9.17) is 5.26 Å². The van der Waals surface area contributed by atoms with E-state index in [1.807, 2.05) is 30.1 Å². The van der Waals surface area contributed by atoms with Gasteiger partial charge in [-0.05, 0) is 25.2 Å². The Kier molecular flexibility index (Phi) is 3.37. The van der Waals surface area contributed by atoms with Gasteiger partial charge in [-0.25, -0.2) is 0 Å². The topological polar surface area (TPSA) is 47.3 Å². The molecule has 2 fully saturated rings. The number of likely N-dealkylation sites (tertiary alicyclic amines) is 1. The second-order valence-corrected chi connectivity index (χ2v) is 5.21. The smallest absolute Gasteiger partial charge is 0.179 e. The van der Waals surface area contributed by atoms with Crippen molar-refractivity contribution < 1.29 is 4.79 Å². The number of hydrogen-bond acceptors (Lipinski definition) is 4. The molecule has 0 spiro atoms. The van der Waals surface area contributed by atoms with Gasteiger partial charge in [-0.15, -0.1) is 0 Å². The minimum Gasteiger partial charge on any atom is -0.383 e. The van der Waals surface area contributed by atoms with Crippen LogP contribution in [0.2, 0.25) is 0 Å². The molecule has 0 aromatic heterocycles. The maximum atomic E-state index is 12.0. The number of nitriles is 1. The molecule has 0 aromatic rings. The zero-order valence-electron chi connectivity index (χ0n) is 10.5. The number of piperidine rings is 1. The van der Waals surface area contributed by atoms with Gasteiger partial charge in [0.25, 0.3) is 0 Å². The van der Waals surface area contributed by atoms with E-state index in [2.05, 4.69) is 6.19 Å². The number of fused-ring (bicyclic) bond motifs is 1. The largest absolute Gasteiger partial charge is 0.383 e. The van der Waals surface area contributed by atoms with Crippen molar-refractivity contribution in [3.63, 3.8) is 0 Å². The molecule has 1 aliphatic heterocycles. The van der Waals surface area contributed by atoms with Gasteiger partial charge in [-0.2, -0.15) is 5.26 Å². The molecular weight excluding hydrogens is 214 g/mol. The number of carbonyl (C=O) groups is 1. The maximum absolute atomic E-state index is 12.0. The van der Waals surface area contributed by atoms with Crippen LogP contribution in [-0.2, 0) is 4.79 Å². The van der Waals surface area contributed by atoms with Crippen molar-refractivity contribution in [3.05, 3.63) is 11.8 Å². The molecule has 0 bridgehead atoms. The van der Waals surface area contributed by atoms with Crippen molar-refractivity contribution in [1.82, 2.24) is 9.80 Å². The maximum Gasteiger partial charge on any atom is 0.179 e.